The number of methoxy groups -OCH3 is 1. The molecule has 4 N–H and O–H groups in total. The predicted octanol–water partition coefficient (Wildman–Crippen LogP) is 5.94. The number of carbonyl (C=O) groups is 5. The van der Waals surface area contributed by atoms with Crippen LogP contribution in [0.3, 0.4) is 0 Å². The Balaban J connectivity index is -0.000000261. The second-order valence-electron chi connectivity index (χ2n) is 13.0. The van der Waals surface area contributed by atoms with Crippen LogP contribution in [0.5, 0.6) is 0 Å². The van der Waals surface area contributed by atoms with E-state index in [0.717, 1.165) is 32.1 Å². The molecule has 11 nitrogen and oxygen atoms in total. The van der Waals surface area contributed by atoms with Gasteiger partial charge in [0, 0.05) is 24.4 Å². The minimum atomic E-state index is -0.367. The Kier molecular flexibility index (Phi) is 29.5. The third-order valence-corrected chi connectivity index (χ3v) is 7.92. The Morgan fingerprint density at radius 1 is 0.696 bits per heavy atom. The number of nitrogens with one attached hydrogen (secondary N) is 2. The number of amides is 3. The third kappa shape index (κ3) is 25.3. The van der Waals surface area contributed by atoms with E-state index < -0.39 is 0 Å². The first-order valence-corrected chi connectivity index (χ1v) is 16.4. The Bertz CT molecular complexity index is 863. The average Bonchev–Trinajstić information content (AvgIpc) is 3.03. The number of hydrogen-bond acceptors (Lipinski definition) is 8. The van der Waals surface area contributed by atoms with Gasteiger partial charge in [0.2, 0.25) is 17.7 Å². The van der Waals surface area contributed by atoms with Crippen LogP contribution in [0.15, 0.2) is 12.7 Å². The zero-order chi connectivity index (χ0) is 37.1. The first-order chi connectivity index (χ1) is 21.1. The highest BCUT2D eigenvalue weighted by atomic mass is 16.6. The summed E-state index contributed by atoms with van der Waals surface area (Å²) in [5.74, 6) is -0.540. The van der Waals surface area contributed by atoms with Gasteiger partial charge in [0.05, 0.1) is 24.1 Å². The summed E-state index contributed by atoms with van der Waals surface area (Å²) in [7, 11) is 1.58. The van der Waals surface area contributed by atoms with Crippen LogP contribution in [-0.4, -0.2) is 63.3 Å². The van der Waals surface area contributed by atoms with Crippen molar-refractivity contribution < 1.29 is 38.2 Å². The van der Waals surface area contributed by atoms with Gasteiger partial charge in [-0.2, -0.15) is 0 Å². The standard InChI is InChI=1S/C11H22N2O2.C9H18O3.C9H16O2.C6H13NO/c1-5-8(3)10(14)12-7-13-11(15)9(4)6-2;1-5-9(2,3)8(10)12-7-6-11-4;1-5-7-11-8(10)9(3,4)6-2;1-4-6(2,3)5(7)8/h8-9H,5-7H2,1-4H3,(H,12,14)(H,13,15);5-7H2,1-4H3;5H,1,6-7H2,2-4H3;4H2,1-3H3,(H2,7,8). The molecule has 2 unspecified atom stereocenters. The van der Waals surface area contributed by atoms with Gasteiger partial charge in [0.15, 0.2) is 0 Å². The van der Waals surface area contributed by atoms with Crippen molar-refractivity contribution in [2.75, 3.05) is 33.6 Å². The second kappa shape index (κ2) is 27.2. The number of primary amides is 1. The number of nitrogens with two attached hydrogens (primary N) is 1. The van der Waals surface area contributed by atoms with Gasteiger partial charge >= 0.3 is 11.9 Å². The van der Waals surface area contributed by atoms with Gasteiger partial charge in [-0.3, -0.25) is 24.0 Å². The molecule has 0 radical (unpaired) electrons. The Morgan fingerprint density at radius 3 is 1.33 bits per heavy atom. The molecule has 46 heavy (non-hydrogen) atoms. The van der Waals surface area contributed by atoms with Crippen molar-refractivity contribution in [3.8, 4) is 0 Å². The van der Waals surface area contributed by atoms with Crippen molar-refractivity contribution in [3.63, 3.8) is 0 Å². The summed E-state index contributed by atoms with van der Waals surface area (Å²) in [5.41, 5.74) is 4.00. The van der Waals surface area contributed by atoms with Gasteiger partial charge in [0.25, 0.3) is 0 Å². The molecule has 3 amide bonds. The lowest BCUT2D eigenvalue weighted by Gasteiger charge is -2.19. The van der Waals surface area contributed by atoms with Crippen LogP contribution < -0.4 is 16.4 Å². The number of hydrogen-bond donors (Lipinski definition) is 3. The molecule has 0 heterocycles. The van der Waals surface area contributed by atoms with Crippen LogP contribution in [-0.2, 0) is 38.2 Å². The van der Waals surface area contributed by atoms with Crippen molar-refractivity contribution in [1.29, 1.82) is 0 Å². The van der Waals surface area contributed by atoms with Crippen molar-refractivity contribution >= 4 is 29.7 Å². The van der Waals surface area contributed by atoms with Crippen LogP contribution in [0.25, 0.3) is 0 Å². The summed E-state index contributed by atoms with van der Waals surface area (Å²) in [6, 6.07) is 0. The summed E-state index contributed by atoms with van der Waals surface area (Å²) in [5, 5.41) is 5.34. The monoisotopic (exact) mass is 660 g/mol. The smallest absolute Gasteiger partial charge is 0.311 e. The lowest BCUT2D eigenvalue weighted by atomic mass is 9.90. The van der Waals surface area contributed by atoms with Crippen molar-refractivity contribution in [2.24, 2.45) is 33.8 Å². The van der Waals surface area contributed by atoms with E-state index in [1.807, 2.05) is 90.0 Å². The number of carbonyl (C=O) groups excluding carboxylic acids is 5. The van der Waals surface area contributed by atoms with E-state index >= 15 is 0 Å². The highest BCUT2D eigenvalue weighted by molar-refractivity contribution is 5.81. The van der Waals surface area contributed by atoms with Crippen LogP contribution in [0, 0.1) is 28.1 Å². The minimum Gasteiger partial charge on any atom is -0.463 e. The molecule has 0 spiro atoms. The van der Waals surface area contributed by atoms with Crippen LogP contribution in [0.4, 0.5) is 0 Å². The molecule has 0 aromatic carbocycles. The molecule has 0 saturated carbocycles. The highest BCUT2D eigenvalue weighted by Crippen LogP contribution is 2.22. The fraction of sp³-hybridized carbons (Fsp3) is 0.800. The zero-order valence-electron chi connectivity index (χ0n) is 31.6. The molecule has 272 valence electrons. The van der Waals surface area contributed by atoms with Gasteiger partial charge in [-0.05, 0) is 59.8 Å². The maximum atomic E-state index is 11.3. The molecule has 0 bridgehead atoms. The van der Waals surface area contributed by atoms with E-state index in [1.54, 1.807) is 13.2 Å². The largest absolute Gasteiger partial charge is 0.463 e. The van der Waals surface area contributed by atoms with E-state index in [4.69, 9.17) is 19.9 Å². The minimum absolute atomic E-state index is 0.00509. The van der Waals surface area contributed by atoms with E-state index in [2.05, 4.69) is 17.2 Å². The maximum Gasteiger partial charge on any atom is 0.311 e. The fourth-order valence-electron chi connectivity index (χ4n) is 2.14. The molecular formula is C35H69N3O8. The Morgan fingerprint density at radius 2 is 1.07 bits per heavy atom. The van der Waals surface area contributed by atoms with Gasteiger partial charge in [0.1, 0.15) is 13.2 Å². The summed E-state index contributed by atoms with van der Waals surface area (Å²) in [6.07, 6.45) is 5.59. The van der Waals surface area contributed by atoms with E-state index in [1.165, 1.54) is 0 Å². The average molecular weight is 660 g/mol. The first-order valence-electron chi connectivity index (χ1n) is 16.4. The van der Waals surface area contributed by atoms with E-state index in [0.29, 0.717) is 19.8 Å². The number of esters is 2. The van der Waals surface area contributed by atoms with Gasteiger partial charge in [-0.25, -0.2) is 0 Å². The van der Waals surface area contributed by atoms with Gasteiger partial charge < -0.3 is 30.6 Å². The molecule has 2 atom stereocenters. The molecule has 11 heteroatoms. The highest BCUT2D eigenvalue weighted by Gasteiger charge is 2.27. The molecule has 0 aliphatic heterocycles. The maximum absolute atomic E-state index is 11.3. The quantitative estimate of drug-likeness (QED) is 0.0748. The number of rotatable bonds is 17. The van der Waals surface area contributed by atoms with Crippen molar-refractivity contribution in [3.05, 3.63) is 12.7 Å². The van der Waals surface area contributed by atoms with Crippen LogP contribution >= 0.6 is 0 Å². The Hall–Kier alpha value is -2.95. The van der Waals surface area contributed by atoms with Gasteiger partial charge in [-0.15, -0.1) is 0 Å². The normalized spacial score (nSPS) is 12.1. The van der Waals surface area contributed by atoms with Crippen LogP contribution in [0.2, 0.25) is 0 Å². The predicted molar refractivity (Wildman–Crippen MR) is 185 cm³/mol. The summed E-state index contributed by atoms with van der Waals surface area (Å²) in [4.78, 5) is 55.6. The summed E-state index contributed by atoms with van der Waals surface area (Å²) < 4.78 is 14.6. The topological polar surface area (TPSA) is 163 Å². The van der Waals surface area contributed by atoms with Crippen molar-refractivity contribution in [2.45, 2.75) is 122 Å². The number of ether oxygens (including phenoxy) is 3. The molecule has 0 aromatic heterocycles. The molecule has 0 rings (SSSR count). The molecule has 0 fully saturated rings. The van der Waals surface area contributed by atoms with Crippen molar-refractivity contribution in [1.82, 2.24) is 10.6 Å². The molecular weight excluding hydrogens is 590 g/mol. The summed E-state index contributed by atoms with van der Waals surface area (Å²) >= 11 is 0. The van der Waals surface area contributed by atoms with E-state index in [9.17, 15) is 24.0 Å². The molecule has 0 aromatic rings. The molecule has 0 aliphatic carbocycles. The van der Waals surface area contributed by atoms with Gasteiger partial charge in [-0.1, -0.05) is 75.0 Å². The fourth-order valence-corrected chi connectivity index (χ4v) is 2.14. The summed E-state index contributed by atoms with van der Waals surface area (Å²) in [6.45, 7) is 29.5. The zero-order valence-corrected chi connectivity index (χ0v) is 31.6. The van der Waals surface area contributed by atoms with E-state index in [-0.39, 0.29) is 64.4 Å². The SMILES string of the molecule is C=CCOC(=O)C(C)(C)CC.CCC(C)(C)C(=O)OCCOC.CCC(C)(C)C(N)=O.CCC(C)C(=O)NCNC(=O)C(C)CC. The van der Waals surface area contributed by atoms with Crippen LogP contribution in [0.1, 0.15) is 122 Å². The lowest BCUT2D eigenvalue weighted by Crippen LogP contribution is -2.41. The second-order valence-corrected chi connectivity index (χ2v) is 13.0. The Labute approximate surface area is 280 Å². The first kappa shape index (κ1) is 49.9. The lowest BCUT2D eigenvalue weighted by molar-refractivity contribution is -0.155. The molecule has 0 saturated heterocycles. The molecule has 0 aliphatic rings. The third-order valence-electron chi connectivity index (χ3n) is 7.92.